The number of nitro groups is 1. The van der Waals surface area contributed by atoms with Gasteiger partial charge < -0.3 is 9.64 Å². The Hall–Kier alpha value is -2.49. The van der Waals surface area contributed by atoms with Gasteiger partial charge in [0.15, 0.2) is 0 Å². The number of sulfonamides is 1. The second kappa shape index (κ2) is 8.68. The molecule has 0 saturated carbocycles. The number of ether oxygens (including phenoxy) is 1. The van der Waals surface area contributed by atoms with Crippen LogP contribution in [0.3, 0.4) is 0 Å². The zero-order chi connectivity index (χ0) is 20.1. The molecule has 0 N–H and O–H groups in total. The largest absolute Gasteiger partial charge is 0.495 e. The van der Waals surface area contributed by atoms with Crippen LogP contribution < -0.4 is 4.74 Å². The topological polar surface area (TPSA) is 93.0 Å². The Kier molecular flexibility index (Phi) is 6.28. The predicted molar refractivity (Wildman–Crippen MR) is 105 cm³/mol. The Morgan fingerprint density at radius 1 is 1.07 bits per heavy atom. The van der Waals surface area contributed by atoms with Gasteiger partial charge in [-0.2, -0.15) is 4.31 Å². The summed E-state index contributed by atoms with van der Waals surface area (Å²) in [5, 5.41) is 11.0. The van der Waals surface area contributed by atoms with E-state index in [-0.39, 0.29) is 16.3 Å². The number of nitrogens with zero attached hydrogens (tertiary/aromatic N) is 3. The van der Waals surface area contributed by atoms with Gasteiger partial charge in [0.05, 0.1) is 12.0 Å². The van der Waals surface area contributed by atoms with Crippen molar-refractivity contribution in [3.63, 3.8) is 0 Å². The van der Waals surface area contributed by atoms with Crippen molar-refractivity contribution in [2.45, 2.75) is 11.3 Å². The number of non-ortho nitro benzene ring substituents is 1. The second-order valence-corrected chi connectivity index (χ2v) is 8.48. The first-order valence-corrected chi connectivity index (χ1v) is 10.4. The predicted octanol–water partition coefficient (Wildman–Crippen LogP) is 2.15. The van der Waals surface area contributed by atoms with E-state index in [1.54, 1.807) is 0 Å². The van der Waals surface area contributed by atoms with Gasteiger partial charge in [-0.05, 0) is 18.1 Å². The molecule has 2 aromatic rings. The monoisotopic (exact) mass is 405 g/mol. The molecule has 0 spiro atoms. The third-order valence-corrected chi connectivity index (χ3v) is 6.79. The van der Waals surface area contributed by atoms with Gasteiger partial charge in [0.2, 0.25) is 10.0 Å². The number of benzene rings is 2. The molecule has 2 aromatic carbocycles. The summed E-state index contributed by atoms with van der Waals surface area (Å²) in [4.78, 5) is 12.5. The highest BCUT2D eigenvalue weighted by Crippen LogP contribution is 2.31. The van der Waals surface area contributed by atoms with Crippen molar-refractivity contribution in [3.05, 3.63) is 64.2 Å². The summed E-state index contributed by atoms with van der Waals surface area (Å²) in [5.41, 5.74) is 0.972. The fourth-order valence-electron chi connectivity index (χ4n) is 3.24. The van der Waals surface area contributed by atoms with E-state index in [4.69, 9.17) is 4.74 Å². The van der Waals surface area contributed by atoms with Crippen LogP contribution >= 0.6 is 0 Å². The Morgan fingerprint density at radius 3 is 2.36 bits per heavy atom. The number of nitro benzene ring substituents is 1. The maximum Gasteiger partial charge on any atom is 0.271 e. The van der Waals surface area contributed by atoms with Crippen molar-refractivity contribution < 1.29 is 18.1 Å². The molecule has 28 heavy (non-hydrogen) atoms. The van der Waals surface area contributed by atoms with Crippen LogP contribution in [0.15, 0.2) is 53.4 Å². The van der Waals surface area contributed by atoms with Crippen LogP contribution in [0.25, 0.3) is 0 Å². The van der Waals surface area contributed by atoms with Gasteiger partial charge in [-0.3, -0.25) is 10.1 Å². The molecule has 0 bridgehead atoms. The van der Waals surface area contributed by atoms with Crippen LogP contribution in [0, 0.1) is 10.1 Å². The van der Waals surface area contributed by atoms with Crippen molar-refractivity contribution in [3.8, 4) is 5.75 Å². The zero-order valence-corrected chi connectivity index (χ0v) is 16.5. The molecule has 8 nitrogen and oxygen atoms in total. The Morgan fingerprint density at radius 2 is 1.75 bits per heavy atom. The average Bonchev–Trinajstić information content (AvgIpc) is 2.72. The summed E-state index contributed by atoms with van der Waals surface area (Å²) in [6.45, 7) is 2.76. The van der Waals surface area contributed by atoms with Crippen LogP contribution in [0.2, 0.25) is 0 Å². The van der Waals surface area contributed by atoms with E-state index in [2.05, 4.69) is 17.0 Å². The molecule has 1 saturated heterocycles. The third-order valence-electron chi connectivity index (χ3n) is 4.87. The normalized spacial score (nSPS) is 16.0. The maximum absolute atomic E-state index is 13.0. The Bertz CT molecular complexity index is 926. The van der Waals surface area contributed by atoms with Crippen LogP contribution in [0.4, 0.5) is 5.69 Å². The van der Waals surface area contributed by atoms with E-state index < -0.39 is 14.9 Å². The van der Waals surface area contributed by atoms with Gasteiger partial charge in [0.1, 0.15) is 10.6 Å². The van der Waals surface area contributed by atoms with E-state index in [9.17, 15) is 18.5 Å². The molecule has 0 aromatic heterocycles. The van der Waals surface area contributed by atoms with Crippen LogP contribution in [0.1, 0.15) is 5.56 Å². The molecule has 0 radical (unpaired) electrons. The number of hydrogen-bond donors (Lipinski definition) is 0. The van der Waals surface area contributed by atoms with Crippen molar-refractivity contribution in [1.82, 2.24) is 9.21 Å². The van der Waals surface area contributed by atoms with Crippen molar-refractivity contribution in [1.29, 1.82) is 0 Å². The SMILES string of the molecule is COc1ccc([N+](=O)[O-])cc1S(=O)(=O)N1CCN(CCc2ccccc2)CC1. The van der Waals surface area contributed by atoms with Crippen molar-refractivity contribution in [2.24, 2.45) is 0 Å². The number of methoxy groups -OCH3 is 1. The zero-order valence-electron chi connectivity index (χ0n) is 15.7. The van der Waals surface area contributed by atoms with Crippen LogP contribution in [0.5, 0.6) is 5.75 Å². The highest BCUT2D eigenvalue weighted by Gasteiger charge is 2.32. The lowest BCUT2D eigenvalue weighted by Crippen LogP contribution is -2.49. The Balaban J connectivity index is 1.68. The number of piperazine rings is 1. The first-order chi connectivity index (χ1) is 13.4. The molecule has 1 heterocycles. The van der Waals surface area contributed by atoms with E-state index in [1.807, 2.05) is 18.2 Å². The molecule has 1 fully saturated rings. The molecule has 9 heteroatoms. The molecule has 0 amide bonds. The Labute approximate surface area is 164 Å². The quantitative estimate of drug-likeness (QED) is 0.518. The molecule has 0 unspecified atom stereocenters. The van der Waals surface area contributed by atoms with E-state index >= 15 is 0 Å². The minimum Gasteiger partial charge on any atom is -0.495 e. The molecular formula is C19H23N3O5S. The maximum atomic E-state index is 13.0. The fourth-order valence-corrected chi connectivity index (χ4v) is 4.84. The summed E-state index contributed by atoms with van der Waals surface area (Å²) in [5.74, 6) is 0.108. The minimum absolute atomic E-state index is 0.108. The second-order valence-electron chi connectivity index (χ2n) is 6.57. The van der Waals surface area contributed by atoms with Gasteiger partial charge >= 0.3 is 0 Å². The third kappa shape index (κ3) is 4.49. The first-order valence-electron chi connectivity index (χ1n) is 9.00. The highest BCUT2D eigenvalue weighted by atomic mass is 32.2. The smallest absolute Gasteiger partial charge is 0.271 e. The van der Waals surface area contributed by atoms with Gasteiger partial charge in [-0.25, -0.2) is 8.42 Å². The number of hydrogen-bond acceptors (Lipinski definition) is 6. The standard InChI is InChI=1S/C19H23N3O5S/c1-27-18-8-7-17(22(23)24)15-19(18)28(25,26)21-13-11-20(12-14-21)10-9-16-5-3-2-4-6-16/h2-8,15H,9-14H2,1H3. The molecule has 1 aliphatic rings. The molecule has 0 atom stereocenters. The minimum atomic E-state index is -3.87. The summed E-state index contributed by atoms with van der Waals surface area (Å²) in [6.07, 6.45) is 0.909. The number of rotatable bonds is 7. The molecule has 0 aliphatic carbocycles. The molecule has 3 rings (SSSR count). The van der Waals surface area contributed by atoms with E-state index in [1.165, 1.54) is 29.1 Å². The van der Waals surface area contributed by atoms with Crippen LogP contribution in [-0.2, 0) is 16.4 Å². The summed E-state index contributed by atoms with van der Waals surface area (Å²) < 4.78 is 32.6. The lowest BCUT2D eigenvalue weighted by Gasteiger charge is -2.34. The molecular weight excluding hydrogens is 382 g/mol. The summed E-state index contributed by atoms with van der Waals surface area (Å²) in [7, 11) is -2.53. The van der Waals surface area contributed by atoms with Crippen molar-refractivity contribution >= 4 is 15.7 Å². The molecule has 1 aliphatic heterocycles. The fraction of sp³-hybridized carbons (Fsp3) is 0.368. The van der Waals surface area contributed by atoms with E-state index in [0.717, 1.165) is 19.0 Å². The molecule has 150 valence electrons. The summed E-state index contributed by atoms with van der Waals surface area (Å²) in [6, 6.07) is 13.8. The van der Waals surface area contributed by atoms with Gasteiger partial charge in [0.25, 0.3) is 5.69 Å². The van der Waals surface area contributed by atoms with Gasteiger partial charge in [0, 0.05) is 44.9 Å². The van der Waals surface area contributed by atoms with E-state index in [0.29, 0.717) is 26.2 Å². The van der Waals surface area contributed by atoms with Crippen molar-refractivity contribution in [2.75, 3.05) is 39.8 Å². The van der Waals surface area contributed by atoms with Gasteiger partial charge in [-0.15, -0.1) is 0 Å². The first kappa shape index (κ1) is 20.2. The lowest BCUT2D eigenvalue weighted by molar-refractivity contribution is -0.385. The lowest BCUT2D eigenvalue weighted by atomic mass is 10.1. The highest BCUT2D eigenvalue weighted by molar-refractivity contribution is 7.89. The van der Waals surface area contributed by atoms with Crippen LogP contribution in [-0.4, -0.2) is 62.4 Å². The average molecular weight is 405 g/mol. The van der Waals surface area contributed by atoms with Gasteiger partial charge in [-0.1, -0.05) is 30.3 Å². The summed E-state index contributed by atoms with van der Waals surface area (Å²) >= 11 is 0.